The lowest BCUT2D eigenvalue weighted by Gasteiger charge is -2.30. The van der Waals surface area contributed by atoms with Gasteiger partial charge in [-0.05, 0) is 64.2 Å². The molecule has 0 unspecified atom stereocenters. The molecule has 0 atom stereocenters. The Balaban J connectivity index is 1.53. The highest BCUT2D eigenvalue weighted by Crippen LogP contribution is 2.30. The summed E-state index contributed by atoms with van der Waals surface area (Å²) in [6.45, 7) is 4.39. The normalized spacial score (nSPS) is 28.0. The molecule has 2 rings (SSSR count). The van der Waals surface area contributed by atoms with Crippen LogP contribution >= 0.6 is 0 Å². The summed E-state index contributed by atoms with van der Waals surface area (Å²) in [5.41, 5.74) is 0. The van der Waals surface area contributed by atoms with E-state index in [1.165, 1.54) is 0 Å². The first kappa shape index (κ1) is 21.4. The van der Waals surface area contributed by atoms with Crippen LogP contribution in [0.5, 0.6) is 0 Å². The van der Waals surface area contributed by atoms with Crippen LogP contribution in [-0.4, -0.2) is 37.4 Å². The summed E-state index contributed by atoms with van der Waals surface area (Å²) in [5, 5.41) is 8.93. The first-order chi connectivity index (χ1) is 13.1. The molecule has 0 aromatic rings. The van der Waals surface area contributed by atoms with E-state index < -0.39 is 0 Å². The first-order valence-electron chi connectivity index (χ1n) is 10.1. The fraction of sp³-hybridized carbons (Fsp3) is 0.762. The molecule has 2 aliphatic rings. The van der Waals surface area contributed by atoms with Crippen molar-refractivity contribution in [2.75, 3.05) is 13.2 Å². The number of nitriles is 1. The van der Waals surface area contributed by atoms with E-state index in [9.17, 15) is 9.59 Å². The molecule has 0 saturated heterocycles. The Bertz CT molecular complexity index is 525. The fourth-order valence-corrected chi connectivity index (χ4v) is 3.72. The zero-order valence-corrected chi connectivity index (χ0v) is 16.1. The third kappa shape index (κ3) is 7.72. The number of carbonyl (C=O) groups excluding carboxylic acids is 2. The van der Waals surface area contributed by atoms with E-state index in [0.717, 1.165) is 70.3 Å². The van der Waals surface area contributed by atoms with Crippen LogP contribution in [0.3, 0.4) is 0 Å². The lowest BCUT2D eigenvalue weighted by molar-refractivity contribution is -0.158. The van der Waals surface area contributed by atoms with Crippen LogP contribution in [0.2, 0.25) is 0 Å². The Hall–Kier alpha value is -1.87. The smallest absolute Gasteiger partial charge is 0.330 e. The van der Waals surface area contributed by atoms with Crippen molar-refractivity contribution in [3.8, 4) is 6.07 Å². The highest BCUT2D eigenvalue weighted by Gasteiger charge is 2.30. The van der Waals surface area contributed by atoms with Gasteiger partial charge in [-0.1, -0.05) is 6.58 Å². The van der Waals surface area contributed by atoms with Gasteiger partial charge < -0.3 is 14.2 Å². The maximum Gasteiger partial charge on any atom is 0.330 e. The van der Waals surface area contributed by atoms with E-state index in [1.807, 2.05) is 0 Å². The SMILES string of the molecule is C=CC(=O)OCCCCOC1CCC(C(=O)OC2CCC(C#N)CC2)CC1. The molecule has 6 nitrogen and oxygen atoms in total. The van der Waals surface area contributed by atoms with Gasteiger partial charge in [0.05, 0.1) is 24.7 Å². The molecule has 2 fully saturated rings. The lowest BCUT2D eigenvalue weighted by atomic mass is 9.86. The Labute approximate surface area is 161 Å². The highest BCUT2D eigenvalue weighted by molar-refractivity contribution is 5.81. The van der Waals surface area contributed by atoms with Crippen molar-refractivity contribution in [3.05, 3.63) is 12.7 Å². The number of unbranched alkanes of at least 4 members (excludes halogenated alkanes) is 1. The maximum absolute atomic E-state index is 12.4. The van der Waals surface area contributed by atoms with Crippen molar-refractivity contribution in [3.63, 3.8) is 0 Å². The fourth-order valence-electron chi connectivity index (χ4n) is 3.72. The lowest BCUT2D eigenvalue weighted by Crippen LogP contribution is -2.31. The number of esters is 2. The zero-order chi connectivity index (χ0) is 19.5. The largest absolute Gasteiger partial charge is 0.463 e. The van der Waals surface area contributed by atoms with Crippen LogP contribution in [0.25, 0.3) is 0 Å². The number of hydrogen-bond acceptors (Lipinski definition) is 6. The van der Waals surface area contributed by atoms with Gasteiger partial charge in [-0.15, -0.1) is 0 Å². The second-order valence-electron chi connectivity index (χ2n) is 7.46. The molecule has 0 aliphatic heterocycles. The van der Waals surface area contributed by atoms with Gasteiger partial charge in [-0.25, -0.2) is 4.79 Å². The van der Waals surface area contributed by atoms with Gasteiger partial charge in [0.1, 0.15) is 6.10 Å². The topological polar surface area (TPSA) is 85.6 Å². The van der Waals surface area contributed by atoms with Crippen molar-refractivity contribution in [1.82, 2.24) is 0 Å². The quantitative estimate of drug-likeness (QED) is 0.346. The summed E-state index contributed by atoms with van der Waals surface area (Å²) in [6, 6.07) is 2.30. The zero-order valence-electron chi connectivity index (χ0n) is 16.1. The Morgan fingerprint density at radius 2 is 1.59 bits per heavy atom. The highest BCUT2D eigenvalue weighted by atomic mass is 16.5. The van der Waals surface area contributed by atoms with Gasteiger partial charge in [0, 0.05) is 18.6 Å². The average molecular weight is 377 g/mol. The van der Waals surface area contributed by atoms with E-state index in [1.54, 1.807) is 0 Å². The van der Waals surface area contributed by atoms with E-state index in [2.05, 4.69) is 12.6 Å². The van der Waals surface area contributed by atoms with Crippen LogP contribution in [0.1, 0.15) is 64.2 Å². The predicted octanol–water partition coefficient (Wildman–Crippen LogP) is 3.70. The Kier molecular flexibility index (Phi) is 9.34. The molecule has 0 N–H and O–H groups in total. The molecule has 0 aromatic carbocycles. The van der Waals surface area contributed by atoms with Gasteiger partial charge in [0.2, 0.25) is 0 Å². The second kappa shape index (κ2) is 11.8. The van der Waals surface area contributed by atoms with Crippen molar-refractivity contribution in [2.45, 2.75) is 76.4 Å². The molecule has 2 saturated carbocycles. The molecule has 27 heavy (non-hydrogen) atoms. The number of hydrogen-bond donors (Lipinski definition) is 0. The molecule has 0 heterocycles. The van der Waals surface area contributed by atoms with Crippen LogP contribution in [0.15, 0.2) is 12.7 Å². The second-order valence-corrected chi connectivity index (χ2v) is 7.46. The summed E-state index contributed by atoms with van der Waals surface area (Å²) >= 11 is 0. The Morgan fingerprint density at radius 1 is 0.963 bits per heavy atom. The number of carbonyl (C=O) groups is 2. The van der Waals surface area contributed by atoms with Gasteiger partial charge in [0.15, 0.2) is 0 Å². The van der Waals surface area contributed by atoms with E-state index in [0.29, 0.717) is 13.2 Å². The van der Waals surface area contributed by atoms with E-state index in [4.69, 9.17) is 19.5 Å². The van der Waals surface area contributed by atoms with Gasteiger partial charge >= 0.3 is 11.9 Å². The van der Waals surface area contributed by atoms with Crippen LogP contribution < -0.4 is 0 Å². The molecule has 0 radical (unpaired) electrons. The van der Waals surface area contributed by atoms with Gasteiger partial charge in [-0.3, -0.25) is 4.79 Å². The van der Waals surface area contributed by atoms with Crippen LogP contribution in [-0.2, 0) is 23.8 Å². The number of rotatable bonds is 9. The van der Waals surface area contributed by atoms with Crippen molar-refractivity contribution in [1.29, 1.82) is 5.26 Å². The van der Waals surface area contributed by atoms with E-state index in [-0.39, 0.29) is 36.0 Å². The van der Waals surface area contributed by atoms with Crippen molar-refractivity contribution in [2.24, 2.45) is 11.8 Å². The molecular formula is C21H31NO5. The average Bonchev–Trinajstić information content (AvgIpc) is 2.71. The molecule has 2 aliphatic carbocycles. The maximum atomic E-state index is 12.4. The molecular weight excluding hydrogens is 346 g/mol. The van der Waals surface area contributed by atoms with Crippen LogP contribution in [0, 0.1) is 23.2 Å². The third-order valence-corrected chi connectivity index (χ3v) is 5.45. The summed E-state index contributed by atoms with van der Waals surface area (Å²) < 4.78 is 16.5. The molecule has 0 bridgehead atoms. The van der Waals surface area contributed by atoms with E-state index >= 15 is 0 Å². The molecule has 0 spiro atoms. The third-order valence-electron chi connectivity index (χ3n) is 5.45. The van der Waals surface area contributed by atoms with Gasteiger partial charge in [0.25, 0.3) is 0 Å². The standard InChI is InChI=1S/C21H31NO5/c1-2-20(23)26-14-4-3-13-25-18-11-7-17(8-12-18)21(24)27-19-9-5-16(15-22)6-10-19/h2,16-19H,1,3-14H2. The van der Waals surface area contributed by atoms with Crippen molar-refractivity contribution < 1.29 is 23.8 Å². The van der Waals surface area contributed by atoms with Crippen molar-refractivity contribution >= 4 is 11.9 Å². The first-order valence-corrected chi connectivity index (χ1v) is 10.1. The number of ether oxygens (including phenoxy) is 3. The molecule has 0 aromatic heterocycles. The predicted molar refractivity (Wildman–Crippen MR) is 99.5 cm³/mol. The summed E-state index contributed by atoms with van der Waals surface area (Å²) in [7, 11) is 0. The van der Waals surface area contributed by atoms with Crippen LogP contribution in [0.4, 0.5) is 0 Å². The van der Waals surface area contributed by atoms with Gasteiger partial charge in [-0.2, -0.15) is 5.26 Å². The Morgan fingerprint density at radius 3 is 2.22 bits per heavy atom. The molecule has 6 heteroatoms. The summed E-state index contributed by atoms with van der Waals surface area (Å²) in [4.78, 5) is 23.3. The number of nitrogens with zero attached hydrogens (tertiary/aromatic N) is 1. The molecule has 0 amide bonds. The minimum Gasteiger partial charge on any atom is -0.463 e. The summed E-state index contributed by atoms with van der Waals surface area (Å²) in [5.74, 6) is -0.351. The molecule has 150 valence electrons. The monoisotopic (exact) mass is 377 g/mol. The minimum absolute atomic E-state index is 0.00809. The summed E-state index contributed by atoms with van der Waals surface area (Å²) in [6.07, 6.45) is 9.66. The minimum atomic E-state index is -0.390.